The lowest BCUT2D eigenvalue weighted by Crippen LogP contribution is -2.03. The molecule has 0 saturated carbocycles. The van der Waals surface area contributed by atoms with Crippen LogP contribution in [-0.4, -0.2) is 18.1 Å². The number of rotatable bonds is 2. The van der Waals surface area contributed by atoms with E-state index in [1.165, 1.54) is 0 Å². The summed E-state index contributed by atoms with van der Waals surface area (Å²) in [4.78, 5) is 11.2. The SMILES string of the molecule is CNc1ccc2ccccc2c1C(=O)O. The summed E-state index contributed by atoms with van der Waals surface area (Å²) in [6.07, 6.45) is 0. The Morgan fingerprint density at radius 3 is 2.60 bits per heavy atom. The Morgan fingerprint density at radius 2 is 1.93 bits per heavy atom. The van der Waals surface area contributed by atoms with Crippen molar-refractivity contribution in [3.8, 4) is 0 Å². The van der Waals surface area contributed by atoms with E-state index < -0.39 is 5.97 Å². The maximum absolute atomic E-state index is 11.2. The van der Waals surface area contributed by atoms with Gasteiger partial charge in [-0.15, -0.1) is 0 Å². The molecule has 0 radical (unpaired) electrons. The molecule has 0 amide bonds. The third-order valence-electron chi connectivity index (χ3n) is 2.41. The maximum atomic E-state index is 11.2. The summed E-state index contributed by atoms with van der Waals surface area (Å²) in [6.45, 7) is 0. The summed E-state index contributed by atoms with van der Waals surface area (Å²) >= 11 is 0. The molecule has 0 aliphatic carbocycles. The van der Waals surface area contributed by atoms with Gasteiger partial charge in [-0.05, 0) is 16.8 Å². The minimum atomic E-state index is -0.906. The first-order valence-electron chi connectivity index (χ1n) is 4.67. The van der Waals surface area contributed by atoms with Crippen LogP contribution in [0, 0.1) is 0 Å². The van der Waals surface area contributed by atoms with Gasteiger partial charge in [-0.2, -0.15) is 0 Å². The second-order valence-corrected chi connectivity index (χ2v) is 3.26. The molecule has 0 aliphatic heterocycles. The Morgan fingerprint density at radius 1 is 1.20 bits per heavy atom. The van der Waals surface area contributed by atoms with E-state index in [0.29, 0.717) is 11.3 Å². The molecule has 0 fully saturated rings. The van der Waals surface area contributed by atoms with Crippen LogP contribution in [0.5, 0.6) is 0 Å². The van der Waals surface area contributed by atoms with E-state index in [2.05, 4.69) is 5.32 Å². The van der Waals surface area contributed by atoms with E-state index in [1.807, 2.05) is 30.3 Å². The molecule has 2 N–H and O–H groups in total. The maximum Gasteiger partial charge on any atom is 0.338 e. The summed E-state index contributed by atoms with van der Waals surface area (Å²) in [5.74, 6) is -0.906. The zero-order chi connectivity index (χ0) is 10.8. The van der Waals surface area contributed by atoms with Crippen LogP contribution < -0.4 is 5.32 Å². The number of aromatic carboxylic acids is 1. The van der Waals surface area contributed by atoms with Gasteiger partial charge < -0.3 is 10.4 Å². The average molecular weight is 201 g/mol. The lowest BCUT2D eigenvalue weighted by molar-refractivity contribution is 0.0700. The van der Waals surface area contributed by atoms with Gasteiger partial charge in [-0.25, -0.2) is 4.79 Å². The molecule has 3 nitrogen and oxygen atoms in total. The Labute approximate surface area is 87.3 Å². The van der Waals surface area contributed by atoms with Crippen molar-refractivity contribution in [3.05, 3.63) is 42.0 Å². The smallest absolute Gasteiger partial charge is 0.338 e. The number of carboxylic acid groups (broad SMARTS) is 1. The van der Waals surface area contributed by atoms with Crippen LogP contribution in [0.25, 0.3) is 10.8 Å². The molecule has 0 spiro atoms. The van der Waals surface area contributed by atoms with Gasteiger partial charge in [-0.3, -0.25) is 0 Å². The van der Waals surface area contributed by atoms with Gasteiger partial charge in [0.05, 0.1) is 5.56 Å². The third kappa shape index (κ3) is 1.52. The lowest BCUT2D eigenvalue weighted by atomic mass is 10.0. The lowest BCUT2D eigenvalue weighted by Gasteiger charge is -2.08. The molecule has 15 heavy (non-hydrogen) atoms. The molecule has 0 aliphatic rings. The van der Waals surface area contributed by atoms with Gasteiger partial charge in [-0.1, -0.05) is 30.3 Å². The number of carboxylic acids is 1. The average Bonchev–Trinajstić information content (AvgIpc) is 2.27. The summed E-state index contributed by atoms with van der Waals surface area (Å²) in [5, 5.41) is 13.7. The standard InChI is InChI=1S/C12H11NO2/c1-13-10-7-6-8-4-2-3-5-9(8)11(10)12(14)15/h2-7,13H,1H3,(H,14,15). The fraction of sp³-hybridized carbons (Fsp3) is 0.0833. The number of hydrogen-bond acceptors (Lipinski definition) is 2. The summed E-state index contributed by atoms with van der Waals surface area (Å²) < 4.78 is 0. The van der Waals surface area contributed by atoms with Crippen molar-refractivity contribution >= 4 is 22.4 Å². The van der Waals surface area contributed by atoms with E-state index in [1.54, 1.807) is 13.1 Å². The molecular formula is C12H11NO2. The number of benzene rings is 2. The molecule has 0 unspecified atom stereocenters. The van der Waals surface area contributed by atoms with E-state index in [-0.39, 0.29) is 0 Å². The Bertz CT molecular complexity index is 520. The molecule has 3 heteroatoms. The molecule has 76 valence electrons. The molecular weight excluding hydrogens is 190 g/mol. The molecule has 0 saturated heterocycles. The van der Waals surface area contributed by atoms with Gasteiger partial charge in [0.25, 0.3) is 0 Å². The van der Waals surface area contributed by atoms with Gasteiger partial charge in [0, 0.05) is 12.7 Å². The number of anilines is 1. The van der Waals surface area contributed by atoms with Crippen molar-refractivity contribution in [1.82, 2.24) is 0 Å². The first-order valence-corrected chi connectivity index (χ1v) is 4.67. The van der Waals surface area contributed by atoms with E-state index in [4.69, 9.17) is 5.11 Å². The summed E-state index contributed by atoms with van der Waals surface area (Å²) in [6, 6.07) is 11.2. The van der Waals surface area contributed by atoms with Crippen LogP contribution in [0.2, 0.25) is 0 Å². The first kappa shape index (κ1) is 9.52. The Hall–Kier alpha value is -2.03. The number of fused-ring (bicyclic) bond motifs is 1. The summed E-state index contributed by atoms with van der Waals surface area (Å²) in [5.41, 5.74) is 0.969. The van der Waals surface area contributed by atoms with E-state index in [0.717, 1.165) is 10.8 Å². The second-order valence-electron chi connectivity index (χ2n) is 3.26. The fourth-order valence-corrected chi connectivity index (χ4v) is 1.71. The highest BCUT2D eigenvalue weighted by atomic mass is 16.4. The van der Waals surface area contributed by atoms with Crippen molar-refractivity contribution in [2.75, 3.05) is 12.4 Å². The zero-order valence-corrected chi connectivity index (χ0v) is 8.32. The van der Waals surface area contributed by atoms with E-state index >= 15 is 0 Å². The van der Waals surface area contributed by atoms with Crippen molar-refractivity contribution in [2.45, 2.75) is 0 Å². The van der Waals surface area contributed by atoms with Crippen LogP contribution in [0.1, 0.15) is 10.4 Å². The fourth-order valence-electron chi connectivity index (χ4n) is 1.71. The van der Waals surface area contributed by atoms with Crippen molar-refractivity contribution in [1.29, 1.82) is 0 Å². The van der Waals surface area contributed by atoms with Gasteiger partial charge >= 0.3 is 5.97 Å². The minimum absolute atomic E-state index is 0.329. The van der Waals surface area contributed by atoms with Crippen molar-refractivity contribution < 1.29 is 9.90 Å². The minimum Gasteiger partial charge on any atom is -0.478 e. The van der Waals surface area contributed by atoms with Crippen LogP contribution >= 0.6 is 0 Å². The first-order chi connectivity index (χ1) is 7.24. The third-order valence-corrected chi connectivity index (χ3v) is 2.41. The molecule has 0 aromatic heterocycles. The van der Waals surface area contributed by atoms with Gasteiger partial charge in [0.1, 0.15) is 0 Å². The van der Waals surface area contributed by atoms with Crippen LogP contribution in [0.15, 0.2) is 36.4 Å². The normalized spacial score (nSPS) is 10.2. The number of hydrogen-bond donors (Lipinski definition) is 2. The Balaban J connectivity index is 2.85. The monoisotopic (exact) mass is 201 g/mol. The highest BCUT2D eigenvalue weighted by Gasteiger charge is 2.12. The highest BCUT2D eigenvalue weighted by Crippen LogP contribution is 2.25. The van der Waals surface area contributed by atoms with Crippen LogP contribution in [0.4, 0.5) is 5.69 Å². The van der Waals surface area contributed by atoms with Gasteiger partial charge in [0.2, 0.25) is 0 Å². The predicted molar refractivity (Wildman–Crippen MR) is 60.5 cm³/mol. The van der Waals surface area contributed by atoms with Crippen LogP contribution in [0.3, 0.4) is 0 Å². The largest absolute Gasteiger partial charge is 0.478 e. The second kappa shape index (κ2) is 3.61. The molecule has 0 bridgehead atoms. The van der Waals surface area contributed by atoms with Crippen LogP contribution in [-0.2, 0) is 0 Å². The van der Waals surface area contributed by atoms with Crippen molar-refractivity contribution in [2.24, 2.45) is 0 Å². The quantitative estimate of drug-likeness (QED) is 0.785. The molecule has 2 rings (SSSR count). The molecule has 2 aromatic rings. The number of nitrogens with one attached hydrogen (secondary N) is 1. The van der Waals surface area contributed by atoms with Gasteiger partial charge in [0.15, 0.2) is 0 Å². The van der Waals surface area contributed by atoms with Crippen molar-refractivity contribution in [3.63, 3.8) is 0 Å². The molecule has 0 heterocycles. The van der Waals surface area contributed by atoms with E-state index in [9.17, 15) is 4.79 Å². The Kier molecular flexibility index (Phi) is 2.29. The number of carbonyl (C=O) groups is 1. The molecule has 0 atom stereocenters. The zero-order valence-electron chi connectivity index (χ0n) is 8.32. The summed E-state index contributed by atoms with van der Waals surface area (Å²) in [7, 11) is 1.72. The topological polar surface area (TPSA) is 49.3 Å². The highest BCUT2D eigenvalue weighted by molar-refractivity contribution is 6.08. The molecule has 2 aromatic carbocycles. The predicted octanol–water partition coefficient (Wildman–Crippen LogP) is 2.58.